The lowest BCUT2D eigenvalue weighted by Crippen LogP contribution is -2.47. The zero-order valence-corrected chi connectivity index (χ0v) is 9.75. The van der Waals surface area contributed by atoms with Crippen LogP contribution in [0.2, 0.25) is 0 Å². The fourth-order valence-electron chi connectivity index (χ4n) is 2.02. The molecule has 5 nitrogen and oxygen atoms in total. The van der Waals surface area contributed by atoms with Gasteiger partial charge >= 0.3 is 5.97 Å². The lowest BCUT2D eigenvalue weighted by Gasteiger charge is -2.33. The van der Waals surface area contributed by atoms with Crippen LogP contribution in [0.1, 0.15) is 5.69 Å². The van der Waals surface area contributed by atoms with Crippen LogP contribution in [0.4, 0.5) is 0 Å². The first-order valence-electron chi connectivity index (χ1n) is 5.80. The zero-order chi connectivity index (χ0) is 12.1. The van der Waals surface area contributed by atoms with E-state index in [9.17, 15) is 4.79 Å². The van der Waals surface area contributed by atoms with E-state index in [0.29, 0.717) is 0 Å². The number of aliphatic carboxylic acids is 1. The Hall–Kier alpha value is -1.46. The minimum absolute atomic E-state index is 0.150. The Morgan fingerprint density at radius 3 is 2.53 bits per heavy atom. The third-order valence-electron chi connectivity index (χ3n) is 2.94. The molecule has 0 atom stereocenters. The van der Waals surface area contributed by atoms with Crippen LogP contribution < -0.4 is 0 Å². The molecule has 0 aromatic carbocycles. The van der Waals surface area contributed by atoms with Gasteiger partial charge in [0.2, 0.25) is 0 Å². The topological polar surface area (TPSA) is 56.7 Å². The molecule has 0 bridgehead atoms. The molecule has 1 aromatic heterocycles. The monoisotopic (exact) mass is 235 g/mol. The lowest BCUT2D eigenvalue weighted by atomic mass is 10.2. The summed E-state index contributed by atoms with van der Waals surface area (Å²) in [7, 11) is 0. The Morgan fingerprint density at radius 1 is 1.24 bits per heavy atom. The van der Waals surface area contributed by atoms with E-state index < -0.39 is 5.97 Å². The van der Waals surface area contributed by atoms with E-state index in [1.54, 1.807) is 6.20 Å². The molecule has 1 aliphatic rings. The average Bonchev–Trinajstić information content (AvgIpc) is 2.32. The van der Waals surface area contributed by atoms with Gasteiger partial charge in [0.25, 0.3) is 0 Å². The maximum Gasteiger partial charge on any atom is 0.317 e. The van der Waals surface area contributed by atoms with Crippen LogP contribution in [-0.2, 0) is 11.3 Å². The summed E-state index contributed by atoms with van der Waals surface area (Å²) in [6, 6.07) is 5.92. The Morgan fingerprint density at radius 2 is 1.94 bits per heavy atom. The van der Waals surface area contributed by atoms with Gasteiger partial charge in [0.15, 0.2) is 0 Å². The first-order valence-corrected chi connectivity index (χ1v) is 5.80. The summed E-state index contributed by atoms with van der Waals surface area (Å²) in [5.74, 6) is -0.747. The van der Waals surface area contributed by atoms with Gasteiger partial charge in [-0.25, -0.2) is 0 Å². The molecule has 1 aliphatic heterocycles. The van der Waals surface area contributed by atoms with Crippen LogP contribution in [0.15, 0.2) is 24.4 Å². The number of aromatic nitrogens is 1. The van der Waals surface area contributed by atoms with Crippen molar-refractivity contribution in [3.63, 3.8) is 0 Å². The van der Waals surface area contributed by atoms with Crippen LogP contribution in [0.5, 0.6) is 0 Å². The standard InChI is InChI=1S/C12H17N3O2/c16-12(17)10-15-7-5-14(6-8-15)9-11-3-1-2-4-13-11/h1-4H,5-10H2,(H,16,17). The number of carboxylic acid groups (broad SMARTS) is 1. The first kappa shape index (κ1) is 12.0. The maximum atomic E-state index is 10.6. The Bertz CT molecular complexity index is 361. The number of piperazine rings is 1. The van der Waals surface area contributed by atoms with Crippen molar-refractivity contribution in [2.45, 2.75) is 6.54 Å². The largest absolute Gasteiger partial charge is 0.480 e. The van der Waals surface area contributed by atoms with Crippen molar-refractivity contribution in [1.29, 1.82) is 0 Å². The van der Waals surface area contributed by atoms with E-state index in [4.69, 9.17) is 5.11 Å². The fourth-order valence-corrected chi connectivity index (χ4v) is 2.02. The third kappa shape index (κ3) is 3.80. The first-order chi connectivity index (χ1) is 8.24. The summed E-state index contributed by atoms with van der Waals surface area (Å²) >= 11 is 0. The van der Waals surface area contributed by atoms with Gasteiger partial charge in [-0.3, -0.25) is 19.6 Å². The molecular weight excluding hydrogens is 218 g/mol. The molecule has 0 radical (unpaired) electrons. The quantitative estimate of drug-likeness (QED) is 0.812. The maximum absolute atomic E-state index is 10.6. The van der Waals surface area contributed by atoms with Crippen molar-refractivity contribution < 1.29 is 9.90 Å². The van der Waals surface area contributed by atoms with E-state index in [-0.39, 0.29) is 6.54 Å². The molecule has 1 fully saturated rings. The minimum atomic E-state index is -0.747. The van der Waals surface area contributed by atoms with E-state index in [1.165, 1.54) is 0 Å². The number of carbonyl (C=O) groups is 1. The minimum Gasteiger partial charge on any atom is -0.480 e. The molecule has 17 heavy (non-hydrogen) atoms. The average molecular weight is 235 g/mol. The summed E-state index contributed by atoms with van der Waals surface area (Å²) in [5, 5.41) is 8.70. The van der Waals surface area contributed by atoms with E-state index in [1.807, 2.05) is 23.1 Å². The second-order valence-electron chi connectivity index (χ2n) is 4.27. The SMILES string of the molecule is O=C(O)CN1CCN(Cc2ccccn2)CC1. The van der Waals surface area contributed by atoms with Gasteiger partial charge in [-0.15, -0.1) is 0 Å². The molecule has 0 spiro atoms. The van der Waals surface area contributed by atoms with Gasteiger partial charge in [-0.05, 0) is 12.1 Å². The van der Waals surface area contributed by atoms with Crippen molar-refractivity contribution >= 4 is 5.97 Å². The molecule has 1 saturated heterocycles. The van der Waals surface area contributed by atoms with Crippen LogP contribution in [-0.4, -0.2) is 58.6 Å². The molecule has 2 rings (SSSR count). The molecular formula is C12H17N3O2. The smallest absolute Gasteiger partial charge is 0.317 e. The highest BCUT2D eigenvalue weighted by Crippen LogP contribution is 2.06. The number of pyridine rings is 1. The number of nitrogens with zero attached hydrogens (tertiary/aromatic N) is 3. The van der Waals surface area contributed by atoms with Crippen molar-refractivity contribution in [3.8, 4) is 0 Å². The molecule has 0 amide bonds. The molecule has 1 aromatic rings. The lowest BCUT2D eigenvalue weighted by molar-refractivity contribution is -0.138. The summed E-state index contributed by atoms with van der Waals surface area (Å²) in [6.45, 7) is 4.45. The Balaban J connectivity index is 1.78. The number of hydrogen-bond acceptors (Lipinski definition) is 4. The molecule has 0 saturated carbocycles. The molecule has 2 heterocycles. The van der Waals surface area contributed by atoms with Crippen molar-refractivity contribution in [2.24, 2.45) is 0 Å². The van der Waals surface area contributed by atoms with Gasteiger partial charge in [0.05, 0.1) is 12.2 Å². The molecule has 1 N–H and O–H groups in total. The van der Waals surface area contributed by atoms with Gasteiger partial charge in [0, 0.05) is 38.9 Å². The highest BCUT2D eigenvalue weighted by atomic mass is 16.4. The van der Waals surface area contributed by atoms with Crippen molar-refractivity contribution in [2.75, 3.05) is 32.7 Å². The number of hydrogen-bond donors (Lipinski definition) is 1. The molecule has 92 valence electrons. The van der Waals surface area contributed by atoms with E-state index >= 15 is 0 Å². The van der Waals surface area contributed by atoms with E-state index in [2.05, 4.69) is 9.88 Å². The summed E-state index contributed by atoms with van der Waals surface area (Å²) in [6.07, 6.45) is 1.80. The van der Waals surface area contributed by atoms with Gasteiger partial charge in [-0.2, -0.15) is 0 Å². The van der Waals surface area contributed by atoms with Crippen molar-refractivity contribution in [1.82, 2.24) is 14.8 Å². The van der Waals surface area contributed by atoms with Crippen LogP contribution in [0, 0.1) is 0 Å². The zero-order valence-electron chi connectivity index (χ0n) is 9.75. The van der Waals surface area contributed by atoms with Gasteiger partial charge < -0.3 is 5.11 Å². The number of carboxylic acids is 1. The predicted molar refractivity (Wildman–Crippen MR) is 63.6 cm³/mol. The van der Waals surface area contributed by atoms with Gasteiger partial charge in [-0.1, -0.05) is 6.07 Å². The number of rotatable bonds is 4. The summed E-state index contributed by atoms with van der Waals surface area (Å²) in [4.78, 5) is 19.1. The predicted octanol–water partition coefficient (Wildman–Crippen LogP) is 0.284. The molecule has 5 heteroatoms. The van der Waals surface area contributed by atoms with Crippen molar-refractivity contribution in [3.05, 3.63) is 30.1 Å². The Kier molecular flexibility index (Phi) is 4.06. The molecule has 0 unspecified atom stereocenters. The van der Waals surface area contributed by atoms with Crippen LogP contribution >= 0.6 is 0 Å². The second kappa shape index (κ2) is 5.75. The van der Waals surface area contributed by atoms with Crippen LogP contribution in [0.25, 0.3) is 0 Å². The van der Waals surface area contributed by atoms with E-state index in [0.717, 1.165) is 38.4 Å². The fraction of sp³-hybridized carbons (Fsp3) is 0.500. The summed E-state index contributed by atoms with van der Waals surface area (Å²) in [5.41, 5.74) is 1.07. The third-order valence-corrected chi connectivity index (χ3v) is 2.94. The summed E-state index contributed by atoms with van der Waals surface area (Å²) < 4.78 is 0. The highest BCUT2D eigenvalue weighted by molar-refractivity contribution is 5.69. The Labute approximate surface area is 101 Å². The van der Waals surface area contributed by atoms with Gasteiger partial charge in [0.1, 0.15) is 0 Å². The highest BCUT2D eigenvalue weighted by Gasteiger charge is 2.18. The second-order valence-corrected chi connectivity index (χ2v) is 4.27. The normalized spacial score (nSPS) is 18.1. The van der Waals surface area contributed by atoms with Crippen LogP contribution in [0.3, 0.4) is 0 Å². The molecule has 0 aliphatic carbocycles.